The highest BCUT2D eigenvalue weighted by Crippen LogP contribution is 2.36. The van der Waals surface area contributed by atoms with Gasteiger partial charge in [-0.25, -0.2) is 0 Å². The highest BCUT2D eigenvalue weighted by Gasteiger charge is 2.36. The van der Waals surface area contributed by atoms with Crippen molar-refractivity contribution in [2.24, 2.45) is 14.1 Å². The van der Waals surface area contributed by atoms with Crippen LogP contribution in [0.5, 0.6) is 0 Å². The van der Waals surface area contributed by atoms with E-state index in [4.69, 9.17) is 11.6 Å². The van der Waals surface area contributed by atoms with Gasteiger partial charge in [-0.1, -0.05) is 35.9 Å². The van der Waals surface area contributed by atoms with Crippen LogP contribution in [0.4, 0.5) is 0 Å². The molecule has 1 aromatic carbocycles. The second-order valence-corrected chi connectivity index (χ2v) is 6.90. The molecular weight excluding hydrogens is 364 g/mol. The number of hydrogen-bond acceptors (Lipinski definition) is 4. The molecule has 3 heterocycles. The first-order valence-corrected chi connectivity index (χ1v) is 9.01. The number of carbonyl (C=O) groups excluding carboxylic acids is 1. The van der Waals surface area contributed by atoms with E-state index in [1.54, 1.807) is 24.1 Å². The molecule has 4 rings (SSSR count). The fraction of sp³-hybridized carbons (Fsp3) is 0.263. The van der Waals surface area contributed by atoms with Gasteiger partial charge in [0, 0.05) is 32.6 Å². The Morgan fingerprint density at radius 3 is 2.70 bits per heavy atom. The fourth-order valence-corrected chi connectivity index (χ4v) is 3.69. The molecule has 1 unspecified atom stereocenters. The van der Waals surface area contributed by atoms with E-state index in [-0.39, 0.29) is 11.9 Å². The summed E-state index contributed by atoms with van der Waals surface area (Å²) in [4.78, 5) is 16.3. The number of aromatic nitrogens is 5. The third-order valence-corrected chi connectivity index (χ3v) is 5.11. The van der Waals surface area contributed by atoms with Gasteiger partial charge in [0.05, 0.1) is 29.2 Å². The summed E-state index contributed by atoms with van der Waals surface area (Å²) in [6.45, 7) is 0.476. The summed E-state index contributed by atoms with van der Waals surface area (Å²) < 4.78 is 1.77. The first-order chi connectivity index (χ1) is 13.0. The highest BCUT2D eigenvalue weighted by molar-refractivity contribution is 6.31. The van der Waals surface area contributed by atoms with E-state index in [1.165, 1.54) is 4.80 Å². The summed E-state index contributed by atoms with van der Waals surface area (Å²) >= 11 is 6.30. The Bertz CT molecular complexity index is 1000. The molecule has 7 nitrogen and oxygen atoms in total. The van der Waals surface area contributed by atoms with Gasteiger partial charge in [0.25, 0.3) is 5.91 Å². The number of carbonyl (C=O) groups is 1. The molecule has 138 valence electrons. The van der Waals surface area contributed by atoms with Crippen molar-refractivity contribution in [3.05, 3.63) is 70.3 Å². The van der Waals surface area contributed by atoms with Crippen LogP contribution >= 0.6 is 11.6 Å². The predicted molar refractivity (Wildman–Crippen MR) is 102 cm³/mol. The molecule has 0 radical (unpaired) electrons. The molecule has 0 fully saturated rings. The summed E-state index contributed by atoms with van der Waals surface area (Å²) in [6, 6.07) is 7.65. The third kappa shape index (κ3) is 3.26. The van der Waals surface area contributed by atoms with Crippen molar-refractivity contribution in [3.8, 4) is 0 Å². The molecule has 1 aliphatic rings. The van der Waals surface area contributed by atoms with Crippen LogP contribution in [0, 0.1) is 0 Å². The van der Waals surface area contributed by atoms with E-state index in [9.17, 15) is 4.79 Å². The van der Waals surface area contributed by atoms with Crippen LogP contribution < -0.4 is 0 Å². The molecule has 0 spiro atoms. The number of benzene rings is 1. The minimum absolute atomic E-state index is 0.0256. The minimum atomic E-state index is -0.0897. The maximum Gasteiger partial charge on any atom is 0.255 e. The summed E-state index contributed by atoms with van der Waals surface area (Å²) in [5.74, 6) is 0.0256. The number of nitrogens with zero attached hydrogens (tertiary/aromatic N) is 6. The molecule has 8 heteroatoms. The van der Waals surface area contributed by atoms with E-state index in [1.807, 2.05) is 48.4 Å². The second-order valence-electron chi connectivity index (χ2n) is 6.49. The van der Waals surface area contributed by atoms with Gasteiger partial charge in [0.15, 0.2) is 0 Å². The summed E-state index contributed by atoms with van der Waals surface area (Å²) in [5, 5.41) is 13.1. The zero-order valence-electron chi connectivity index (χ0n) is 15.1. The monoisotopic (exact) mass is 382 g/mol. The lowest BCUT2D eigenvalue weighted by atomic mass is 10.0. The lowest BCUT2D eigenvalue weighted by molar-refractivity contribution is 0.0746. The molecule has 3 aromatic rings. The van der Waals surface area contributed by atoms with Gasteiger partial charge in [-0.15, -0.1) is 0 Å². The molecule has 0 aliphatic carbocycles. The average Bonchev–Trinajstić information content (AvgIpc) is 3.30. The van der Waals surface area contributed by atoms with E-state index in [0.29, 0.717) is 18.0 Å². The van der Waals surface area contributed by atoms with Gasteiger partial charge >= 0.3 is 0 Å². The number of aryl methyl sites for hydroxylation is 2. The van der Waals surface area contributed by atoms with Crippen molar-refractivity contribution in [3.63, 3.8) is 0 Å². The van der Waals surface area contributed by atoms with Crippen molar-refractivity contribution in [2.45, 2.75) is 12.5 Å². The van der Waals surface area contributed by atoms with E-state index < -0.39 is 0 Å². The molecule has 0 saturated carbocycles. The third-order valence-electron chi connectivity index (χ3n) is 4.79. The number of fused-ring (bicyclic) bond motifs is 1. The standard InChI is InChI=1S/C19H19ClN6O/c1-24-18(16(20)12-21-24)10-17-14-7-3-4-8-15(14)19(27)26(17)9-5-6-13-11-22-25(2)23-13/h3-8,11-12,17H,9-10H2,1-2H3. The number of amides is 1. The Kier molecular flexibility index (Phi) is 4.53. The van der Waals surface area contributed by atoms with Gasteiger partial charge < -0.3 is 4.90 Å². The molecule has 27 heavy (non-hydrogen) atoms. The normalized spacial score (nSPS) is 16.5. The quantitative estimate of drug-likeness (QED) is 0.680. The Morgan fingerprint density at radius 1 is 1.19 bits per heavy atom. The predicted octanol–water partition coefficient (Wildman–Crippen LogP) is 2.66. The lowest BCUT2D eigenvalue weighted by Crippen LogP contribution is -2.30. The van der Waals surface area contributed by atoms with Crippen molar-refractivity contribution >= 4 is 23.6 Å². The maximum atomic E-state index is 13.0. The number of rotatable bonds is 5. The van der Waals surface area contributed by atoms with Crippen LogP contribution in [0.3, 0.4) is 0 Å². The van der Waals surface area contributed by atoms with Gasteiger partial charge in [0.1, 0.15) is 5.69 Å². The molecule has 0 N–H and O–H groups in total. The molecule has 2 aromatic heterocycles. The molecule has 0 bridgehead atoms. The molecule has 1 atom stereocenters. The first-order valence-electron chi connectivity index (χ1n) is 8.63. The lowest BCUT2D eigenvalue weighted by Gasteiger charge is -2.24. The van der Waals surface area contributed by atoms with Gasteiger partial charge in [-0.2, -0.15) is 20.1 Å². The van der Waals surface area contributed by atoms with Crippen molar-refractivity contribution in [1.82, 2.24) is 29.7 Å². The average molecular weight is 383 g/mol. The largest absolute Gasteiger partial charge is 0.327 e. The number of halogens is 1. The Hall–Kier alpha value is -2.93. The van der Waals surface area contributed by atoms with Gasteiger partial charge in [0.2, 0.25) is 0 Å². The van der Waals surface area contributed by atoms with E-state index >= 15 is 0 Å². The topological polar surface area (TPSA) is 68.8 Å². The Labute approximate surface area is 161 Å². The molecule has 1 aliphatic heterocycles. The SMILES string of the molecule is Cn1ncc(C=CCN2C(=O)c3ccccc3C2Cc2c(Cl)cnn2C)n1. The van der Waals surface area contributed by atoms with Crippen LogP contribution in [0.25, 0.3) is 6.08 Å². The van der Waals surface area contributed by atoms with Crippen LogP contribution in [-0.4, -0.2) is 42.1 Å². The van der Waals surface area contributed by atoms with Crippen molar-refractivity contribution < 1.29 is 4.79 Å². The van der Waals surface area contributed by atoms with Crippen LogP contribution in [0.2, 0.25) is 5.02 Å². The van der Waals surface area contributed by atoms with Crippen LogP contribution in [0.15, 0.2) is 42.7 Å². The van der Waals surface area contributed by atoms with Crippen LogP contribution in [-0.2, 0) is 20.5 Å². The van der Waals surface area contributed by atoms with E-state index in [0.717, 1.165) is 22.5 Å². The molecule has 1 amide bonds. The first kappa shape index (κ1) is 17.5. The van der Waals surface area contributed by atoms with Crippen molar-refractivity contribution in [2.75, 3.05) is 6.54 Å². The maximum absolute atomic E-state index is 13.0. The molecular formula is C19H19ClN6O. The van der Waals surface area contributed by atoms with E-state index in [2.05, 4.69) is 15.3 Å². The van der Waals surface area contributed by atoms with Gasteiger partial charge in [-0.3, -0.25) is 9.48 Å². The summed E-state index contributed by atoms with van der Waals surface area (Å²) in [5.41, 5.74) is 3.43. The Balaban J connectivity index is 1.62. The summed E-state index contributed by atoms with van der Waals surface area (Å²) in [6.07, 6.45) is 7.74. The molecule has 0 saturated heterocycles. The second kappa shape index (κ2) is 7.00. The smallest absolute Gasteiger partial charge is 0.255 e. The fourth-order valence-electron chi connectivity index (χ4n) is 3.45. The Morgan fingerprint density at radius 2 is 2.00 bits per heavy atom. The van der Waals surface area contributed by atoms with Crippen molar-refractivity contribution in [1.29, 1.82) is 0 Å². The zero-order valence-corrected chi connectivity index (χ0v) is 15.8. The number of hydrogen-bond donors (Lipinski definition) is 0. The highest BCUT2D eigenvalue weighted by atomic mass is 35.5. The minimum Gasteiger partial charge on any atom is -0.327 e. The van der Waals surface area contributed by atoms with Gasteiger partial charge in [-0.05, 0) is 17.7 Å². The summed E-state index contributed by atoms with van der Waals surface area (Å²) in [7, 11) is 3.63. The van der Waals surface area contributed by atoms with Crippen LogP contribution in [0.1, 0.15) is 33.4 Å². The zero-order chi connectivity index (χ0) is 19.0.